The van der Waals surface area contributed by atoms with Crippen LogP contribution in [0.1, 0.15) is 101 Å². The summed E-state index contributed by atoms with van der Waals surface area (Å²) in [5.41, 5.74) is 0.573. The highest BCUT2D eigenvalue weighted by atomic mass is 35.5. The number of nitriles is 1. The molecule has 4 fully saturated rings. The Morgan fingerprint density at radius 3 is 2.22 bits per heavy atom. The molecule has 8 rings (SSSR count). The summed E-state index contributed by atoms with van der Waals surface area (Å²) in [6, 6.07) is 11.6. The number of fused-ring (bicyclic) bond motifs is 1. The number of halogens is 2. The van der Waals surface area contributed by atoms with E-state index in [2.05, 4.69) is 25.3 Å². The van der Waals surface area contributed by atoms with Crippen LogP contribution in [0.25, 0.3) is 0 Å². The van der Waals surface area contributed by atoms with Crippen molar-refractivity contribution in [1.29, 1.82) is 5.26 Å². The van der Waals surface area contributed by atoms with Gasteiger partial charge < -0.3 is 29.7 Å². The number of carbonyl (C=O) groups excluding carboxylic acids is 6. The summed E-state index contributed by atoms with van der Waals surface area (Å²) in [4.78, 5) is 96.5. The number of nitrogens with one attached hydrogen (secondary N) is 1. The number of piperidine rings is 2. The number of carboxylic acid groups (broad SMARTS) is 1. The molecule has 352 valence electrons. The first kappa shape index (κ1) is 46.8. The highest BCUT2D eigenvalue weighted by Crippen LogP contribution is 2.35. The Morgan fingerprint density at radius 2 is 1.57 bits per heavy atom. The number of esters is 1. The van der Waals surface area contributed by atoms with E-state index >= 15 is 4.39 Å². The number of hydrogen-bond acceptors (Lipinski definition) is 15. The lowest BCUT2D eigenvalue weighted by Crippen LogP contribution is -2.56. The molecule has 4 aliphatic heterocycles. The van der Waals surface area contributed by atoms with Crippen LogP contribution in [-0.2, 0) is 23.9 Å². The third-order valence-electron chi connectivity index (χ3n) is 13.1. The van der Waals surface area contributed by atoms with E-state index in [-0.39, 0.29) is 53.4 Å². The number of carbonyl (C=O) groups is 7. The van der Waals surface area contributed by atoms with Crippen LogP contribution in [-0.4, -0.2) is 142 Å². The normalized spacial score (nSPS) is 21.5. The predicted octanol–water partition coefficient (Wildman–Crippen LogP) is 3.78. The third-order valence-corrected chi connectivity index (χ3v) is 13.4. The second-order valence-electron chi connectivity index (χ2n) is 17.4. The fraction of sp³-hybridized carbons (Fsp3) is 0.478. The zero-order valence-electron chi connectivity index (χ0n) is 36.5. The zero-order chi connectivity index (χ0) is 47.4. The van der Waals surface area contributed by atoms with Gasteiger partial charge in [-0.25, -0.2) is 9.29 Å². The Labute approximate surface area is 389 Å². The van der Waals surface area contributed by atoms with Gasteiger partial charge in [0.1, 0.15) is 23.7 Å². The Hall–Kier alpha value is -6.72. The van der Waals surface area contributed by atoms with Gasteiger partial charge in [-0.3, -0.25) is 43.4 Å². The molecular weight excluding hydrogens is 893 g/mol. The standard InChI is InChI=1S/C46H49ClFN9O10/c47-34-21-31(4-1-28(34)24-49)67-30-5-2-29(3-6-30)50-43(62)36-7-9-39(52-51-36)55-15-13-27(14-16-55)25-53-17-19-54(20-18-53)38-23-33-32(22-35(38)48)44(63)57(45(33)64)37-8-10-40(58)56(46(37)65)26-66-42(61)12-11-41(59)60/h1,4,7,9,21-23,27,29-30,37H,2-3,5-6,8,10-20,25-26H2,(H,50,62)(H,59,60). The van der Waals surface area contributed by atoms with Gasteiger partial charge >= 0.3 is 11.9 Å². The second-order valence-corrected chi connectivity index (χ2v) is 17.8. The molecular formula is C46H49ClFN9O10. The molecule has 1 atom stereocenters. The molecule has 67 heavy (non-hydrogen) atoms. The van der Waals surface area contributed by atoms with E-state index in [1.165, 1.54) is 6.07 Å². The van der Waals surface area contributed by atoms with Crippen molar-refractivity contribution in [2.45, 2.75) is 82.4 Å². The minimum Gasteiger partial charge on any atom is -0.490 e. The number of piperazine rings is 1. The molecule has 5 aliphatic rings. The Morgan fingerprint density at radius 1 is 0.851 bits per heavy atom. The van der Waals surface area contributed by atoms with Crippen molar-refractivity contribution in [3.63, 3.8) is 0 Å². The van der Waals surface area contributed by atoms with Gasteiger partial charge in [-0.2, -0.15) is 5.26 Å². The van der Waals surface area contributed by atoms with Gasteiger partial charge in [0.15, 0.2) is 18.2 Å². The zero-order valence-corrected chi connectivity index (χ0v) is 37.3. The predicted molar refractivity (Wildman–Crippen MR) is 236 cm³/mol. The van der Waals surface area contributed by atoms with Crippen molar-refractivity contribution >= 4 is 64.6 Å². The first-order valence-corrected chi connectivity index (χ1v) is 22.8. The first-order valence-electron chi connectivity index (χ1n) is 22.4. The number of carboxylic acids is 1. The number of aromatic nitrogens is 2. The monoisotopic (exact) mass is 941 g/mol. The van der Waals surface area contributed by atoms with E-state index < -0.39 is 67.0 Å². The highest BCUT2D eigenvalue weighted by molar-refractivity contribution is 6.31. The number of amides is 5. The van der Waals surface area contributed by atoms with Crippen molar-refractivity contribution in [1.82, 2.24) is 30.2 Å². The molecule has 2 N–H and O–H groups in total. The first-order chi connectivity index (χ1) is 32.3. The van der Waals surface area contributed by atoms with Gasteiger partial charge in [-0.15, -0.1) is 10.2 Å². The van der Waals surface area contributed by atoms with Crippen LogP contribution >= 0.6 is 11.6 Å². The molecule has 3 saturated heterocycles. The lowest BCUT2D eigenvalue weighted by Gasteiger charge is -2.39. The lowest BCUT2D eigenvalue weighted by atomic mass is 9.93. The van der Waals surface area contributed by atoms with Crippen LogP contribution in [0, 0.1) is 23.1 Å². The average Bonchev–Trinajstić information content (AvgIpc) is 3.56. The Balaban J connectivity index is 0.767. The number of likely N-dealkylation sites (tertiary alicyclic amines) is 1. The van der Waals surface area contributed by atoms with Crippen LogP contribution in [0.15, 0.2) is 42.5 Å². The van der Waals surface area contributed by atoms with Crippen molar-refractivity contribution < 1.29 is 52.5 Å². The summed E-state index contributed by atoms with van der Waals surface area (Å²) in [6.07, 6.45) is 3.48. The SMILES string of the molecule is N#Cc1ccc(OC2CCC(NC(=O)c3ccc(N4CCC(CN5CCN(c6cc7c(cc6F)C(=O)N(C6CCC(=O)N(COC(=O)CCC(=O)O)C6=O)C7=O)CC5)CC4)nn3)CC2)cc1Cl. The van der Waals surface area contributed by atoms with Crippen molar-refractivity contribution in [3.05, 3.63) is 75.7 Å². The van der Waals surface area contributed by atoms with Gasteiger partial charge in [0.2, 0.25) is 5.91 Å². The second kappa shape index (κ2) is 20.4. The highest BCUT2D eigenvalue weighted by Gasteiger charge is 2.48. The van der Waals surface area contributed by atoms with E-state index in [0.717, 1.165) is 69.1 Å². The summed E-state index contributed by atoms with van der Waals surface area (Å²) >= 11 is 6.14. The summed E-state index contributed by atoms with van der Waals surface area (Å²) in [7, 11) is 0. The van der Waals surface area contributed by atoms with E-state index in [0.29, 0.717) is 59.2 Å². The Bertz CT molecular complexity index is 2480. The molecule has 21 heteroatoms. The van der Waals surface area contributed by atoms with Crippen molar-refractivity contribution in [3.8, 4) is 11.8 Å². The quantitative estimate of drug-likeness (QED) is 0.173. The maximum Gasteiger partial charge on any atom is 0.308 e. The van der Waals surface area contributed by atoms with Gasteiger partial charge in [0, 0.05) is 64.3 Å². The number of aliphatic carboxylic acids is 1. The molecule has 5 heterocycles. The van der Waals surface area contributed by atoms with Crippen LogP contribution in [0.2, 0.25) is 5.02 Å². The molecule has 1 aliphatic carbocycles. The molecule has 1 aromatic heterocycles. The largest absolute Gasteiger partial charge is 0.490 e. The molecule has 1 unspecified atom stereocenters. The van der Waals surface area contributed by atoms with Crippen molar-refractivity contribution in [2.24, 2.45) is 5.92 Å². The minimum atomic E-state index is -1.38. The summed E-state index contributed by atoms with van der Waals surface area (Å²) in [5.74, 6) is -4.66. The van der Waals surface area contributed by atoms with Gasteiger partial charge in [-0.05, 0) is 87.3 Å². The Kier molecular flexibility index (Phi) is 14.3. The molecule has 3 aromatic rings. The maximum atomic E-state index is 15.7. The average molecular weight is 942 g/mol. The number of anilines is 2. The molecule has 2 aromatic carbocycles. The smallest absolute Gasteiger partial charge is 0.308 e. The number of benzene rings is 2. The van der Waals surface area contributed by atoms with Gasteiger partial charge in [0.05, 0.1) is 46.3 Å². The summed E-state index contributed by atoms with van der Waals surface area (Å²) in [6.45, 7) is 3.86. The number of imide groups is 2. The van der Waals surface area contributed by atoms with Gasteiger partial charge in [-0.1, -0.05) is 11.6 Å². The molecule has 0 bridgehead atoms. The molecule has 19 nitrogen and oxygen atoms in total. The number of ether oxygens (including phenoxy) is 2. The summed E-state index contributed by atoms with van der Waals surface area (Å²) < 4.78 is 26.7. The summed E-state index contributed by atoms with van der Waals surface area (Å²) in [5, 5.41) is 29.9. The van der Waals surface area contributed by atoms with E-state index in [9.17, 15) is 33.6 Å². The van der Waals surface area contributed by atoms with E-state index in [1.807, 2.05) is 17.0 Å². The number of hydrogen-bond donors (Lipinski definition) is 2. The number of rotatable bonds is 14. The van der Waals surface area contributed by atoms with Crippen LogP contribution in [0.5, 0.6) is 5.75 Å². The fourth-order valence-corrected chi connectivity index (χ4v) is 9.55. The number of nitrogens with zero attached hydrogens (tertiary/aromatic N) is 8. The van der Waals surface area contributed by atoms with Gasteiger partial charge in [0.25, 0.3) is 23.6 Å². The maximum absolute atomic E-state index is 15.7. The molecule has 5 amide bonds. The topological polar surface area (TPSA) is 236 Å². The van der Waals surface area contributed by atoms with Crippen LogP contribution < -0.4 is 19.9 Å². The third kappa shape index (κ3) is 10.6. The van der Waals surface area contributed by atoms with Crippen LogP contribution in [0.3, 0.4) is 0 Å². The fourth-order valence-electron chi connectivity index (χ4n) is 9.34. The lowest BCUT2D eigenvalue weighted by molar-refractivity contribution is -0.164. The molecule has 1 saturated carbocycles. The minimum absolute atomic E-state index is 0.00966. The van der Waals surface area contributed by atoms with E-state index in [4.69, 9.17) is 31.4 Å². The van der Waals surface area contributed by atoms with Crippen LogP contribution in [0.4, 0.5) is 15.9 Å². The van der Waals surface area contributed by atoms with E-state index in [1.54, 1.807) is 24.3 Å². The molecule has 0 radical (unpaired) electrons. The van der Waals surface area contributed by atoms with Crippen molar-refractivity contribution in [2.75, 3.05) is 62.3 Å². The molecule has 0 spiro atoms.